The molecule has 0 aliphatic heterocycles. The van der Waals surface area contributed by atoms with E-state index >= 15 is 0 Å². The minimum atomic E-state index is -2.66. The van der Waals surface area contributed by atoms with Crippen molar-refractivity contribution in [1.82, 2.24) is 9.97 Å². The second-order valence-corrected chi connectivity index (χ2v) is 3.38. The summed E-state index contributed by atoms with van der Waals surface area (Å²) < 4.78 is 29.0. The number of carboxylic acid groups (broad SMARTS) is 1. The number of carboxylic acids is 1. The first-order chi connectivity index (χ1) is 8.58. The van der Waals surface area contributed by atoms with E-state index in [1.165, 1.54) is 0 Å². The third kappa shape index (κ3) is 2.50. The standard InChI is InChI=1S/C11H8F2N2O3/c12-8(13)5-18-10-6-3-1-2-4-7(6)14-9(15-10)11(16)17/h1-4,8H,5H2,(H,16,17). The van der Waals surface area contributed by atoms with Crippen LogP contribution in [0.4, 0.5) is 8.78 Å². The zero-order valence-corrected chi connectivity index (χ0v) is 9.01. The number of halogens is 2. The Morgan fingerprint density at radius 1 is 1.33 bits per heavy atom. The van der Waals surface area contributed by atoms with Gasteiger partial charge in [-0.2, -0.15) is 4.98 Å². The summed E-state index contributed by atoms with van der Waals surface area (Å²) in [6.07, 6.45) is -2.66. The predicted octanol–water partition coefficient (Wildman–Crippen LogP) is 1.97. The fourth-order valence-electron chi connectivity index (χ4n) is 1.40. The molecule has 1 aromatic carbocycles. The maximum atomic E-state index is 12.1. The molecular weight excluding hydrogens is 246 g/mol. The molecular formula is C11H8F2N2O3. The molecule has 7 heteroatoms. The van der Waals surface area contributed by atoms with Gasteiger partial charge in [-0.15, -0.1) is 0 Å². The number of carbonyl (C=O) groups is 1. The Labute approximate surface area is 100 Å². The second kappa shape index (κ2) is 4.91. The molecule has 1 heterocycles. The van der Waals surface area contributed by atoms with Gasteiger partial charge in [0.2, 0.25) is 11.7 Å². The molecule has 2 rings (SSSR count). The van der Waals surface area contributed by atoms with Crippen LogP contribution < -0.4 is 4.74 Å². The summed E-state index contributed by atoms with van der Waals surface area (Å²) in [7, 11) is 0. The van der Waals surface area contributed by atoms with Crippen LogP contribution in [-0.2, 0) is 0 Å². The molecule has 0 atom stereocenters. The number of benzene rings is 1. The van der Waals surface area contributed by atoms with E-state index in [1.807, 2.05) is 0 Å². The third-order valence-corrected chi connectivity index (χ3v) is 2.11. The number of alkyl halides is 2. The molecule has 0 spiro atoms. The molecule has 0 amide bonds. The summed E-state index contributed by atoms with van der Waals surface area (Å²) in [6, 6.07) is 6.43. The van der Waals surface area contributed by atoms with Crippen LogP contribution in [0.1, 0.15) is 10.6 Å². The van der Waals surface area contributed by atoms with Crippen molar-refractivity contribution in [1.29, 1.82) is 0 Å². The second-order valence-electron chi connectivity index (χ2n) is 3.38. The van der Waals surface area contributed by atoms with Gasteiger partial charge in [0.1, 0.15) is 0 Å². The van der Waals surface area contributed by atoms with Crippen LogP contribution >= 0.6 is 0 Å². The lowest BCUT2D eigenvalue weighted by Crippen LogP contribution is -2.11. The van der Waals surface area contributed by atoms with Crippen LogP contribution in [0.25, 0.3) is 10.9 Å². The zero-order chi connectivity index (χ0) is 13.1. The lowest BCUT2D eigenvalue weighted by atomic mass is 10.2. The Balaban J connectivity index is 2.50. The highest BCUT2D eigenvalue weighted by molar-refractivity contribution is 5.89. The summed E-state index contributed by atoms with van der Waals surface area (Å²) in [5.41, 5.74) is 0.328. The van der Waals surface area contributed by atoms with E-state index in [0.29, 0.717) is 10.9 Å². The van der Waals surface area contributed by atoms with Crippen LogP contribution in [0.2, 0.25) is 0 Å². The Morgan fingerprint density at radius 2 is 2.06 bits per heavy atom. The molecule has 0 saturated carbocycles. The van der Waals surface area contributed by atoms with E-state index in [1.54, 1.807) is 24.3 Å². The third-order valence-electron chi connectivity index (χ3n) is 2.11. The summed E-state index contributed by atoms with van der Waals surface area (Å²) >= 11 is 0. The lowest BCUT2D eigenvalue weighted by molar-refractivity contribution is 0.0677. The Kier molecular flexibility index (Phi) is 3.31. The molecule has 0 bridgehead atoms. The van der Waals surface area contributed by atoms with Crippen molar-refractivity contribution in [3.63, 3.8) is 0 Å². The van der Waals surface area contributed by atoms with Crippen LogP contribution in [0.3, 0.4) is 0 Å². The Morgan fingerprint density at radius 3 is 2.72 bits per heavy atom. The van der Waals surface area contributed by atoms with Gasteiger partial charge >= 0.3 is 5.97 Å². The molecule has 0 aliphatic carbocycles. The van der Waals surface area contributed by atoms with Gasteiger partial charge in [0.25, 0.3) is 6.43 Å². The van der Waals surface area contributed by atoms with Crippen molar-refractivity contribution in [2.24, 2.45) is 0 Å². The van der Waals surface area contributed by atoms with Gasteiger partial charge in [-0.05, 0) is 12.1 Å². The molecule has 1 N–H and O–H groups in total. The number of rotatable bonds is 4. The van der Waals surface area contributed by atoms with Gasteiger partial charge in [-0.1, -0.05) is 12.1 Å². The van der Waals surface area contributed by atoms with Crippen LogP contribution in [0.5, 0.6) is 5.88 Å². The highest BCUT2D eigenvalue weighted by Gasteiger charge is 2.14. The van der Waals surface area contributed by atoms with E-state index in [4.69, 9.17) is 9.84 Å². The van der Waals surface area contributed by atoms with Gasteiger partial charge in [0.05, 0.1) is 10.9 Å². The first-order valence-electron chi connectivity index (χ1n) is 4.99. The van der Waals surface area contributed by atoms with Crippen molar-refractivity contribution < 1.29 is 23.4 Å². The normalized spacial score (nSPS) is 10.8. The molecule has 0 saturated heterocycles. The maximum absolute atomic E-state index is 12.1. The quantitative estimate of drug-likeness (QED) is 0.903. The van der Waals surface area contributed by atoms with E-state index in [-0.39, 0.29) is 5.88 Å². The van der Waals surface area contributed by atoms with Crippen LogP contribution in [0, 0.1) is 0 Å². The predicted molar refractivity (Wildman–Crippen MR) is 58.0 cm³/mol. The fraction of sp³-hybridized carbons (Fsp3) is 0.182. The number of para-hydroxylation sites is 1. The van der Waals surface area contributed by atoms with Gasteiger partial charge < -0.3 is 9.84 Å². The molecule has 1 aromatic heterocycles. The highest BCUT2D eigenvalue weighted by Crippen LogP contribution is 2.22. The first kappa shape index (κ1) is 12.2. The zero-order valence-electron chi connectivity index (χ0n) is 9.01. The van der Waals surface area contributed by atoms with E-state index in [9.17, 15) is 13.6 Å². The average Bonchev–Trinajstić information content (AvgIpc) is 2.35. The smallest absolute Gasteiger partial charge is 0.374 e. The highest BCUT2D eigenvalue weighted by atomic mass is 19.3. The topological polar surface area (TPSA) is 72.3 Å². The number of ether oxygens (including phenoxy) is 1. The van der Waals surface area contributed by atoms with Crippen molar-refractivity contribution in [3.05, 3.63) is 30.1 Å². The maximum Gasteiger partial charge on any atom is 0.374 e. The summed E-state index contributed by atoms with van der Waals surface area (Å²) in [6.45, 7) is -0.847. The van der Waals surface area contributed by atoms with Crippen LogP contribution in [-0.4, -0.2) is 34.1 Å². The molecule has 0 unspecified atom stereocenters. The largest absolute Gasteiger partial charge is 0.475 e. The molecule has 2 aromatic rings. The van der Waals surface area contributed by atoms with Gasteiger partial charge in [-0.3, -0.25) is 0 Å². The van der Waals surface area contributed by atoms with Gasteiger partial charge in [0.15, 0.2) is 6.61 Å². The number of nitrogens with zero attached hydrogens (tertiary/aromatic N) is 2. The van der Waals surface area contributed by atoms with Crippen molar-refractivity contribution in [3.8, 4) is 5.88 Å². The molecule has 0 fully saturated rings. The molecule has 0 aliphatic rings. The van der Waals surface area contributed by atoms with Crippen molar-refractivity contribution in [2.45, 2.75) is 6.43 Å². The van der Waals surface area contributed by atoms with E-state index in [0.717, 1.165) is 0 Å². The van der Waals surface area contributed by atoms with Crippen LogP contribution in [0.15, 0.2) is 24.3 Å². The molecule has 18 heavy (non-hydrogen) atoms. The summed E-state index contributed by atoms with van der Waals surface area (Å²) in [5, 5.41) is 9.21. The Bertz CT molecular complexity index is 590. The minimum absolute atomic E-state index is 0.154. The average molecular weight is 254 g/mol. The van der Waals surface area contributed by atoms with Gasteiger partial charge in [-0.25, -0.2) is 18.6 Å². The summed E-state index contributed by atoms with van der Waals surface area (Å²) in [5.74, 6) is -1.99. The molecule has 5 nitrogen and oxygen atoms in total. The number of aromatic nitrogens is 2. The first-order valence-corrected chi connectivity index (χ1v) is 4.99. The minimum Gasteiger partial charge on any atom is -0.475 e. The lowest BCUT2D eigenvalue weighted by Gasteiger charge is -2.08. The number of aromatic carboxylic acids is 1. The van der Waals surface area contributed by atoms with Gasteiger partial charge in [0, 0.05) is 0 Å². The van der Waals surface area contributed by atoms with E-state index in [2.05, 4.69) is 9.97 Å². The Hall–Kier alpha value is -2.31. The summed E-state index contributed by atoms with van der Waals surface area (Å²) in [4.78, 5) is 18.2. The van der Waals surface area contributed by atoms with E-state index < -0.39 is 24.8 Å². The number of hydrogen-bond acceptors (Lipinski definition) is 4. The van der Waals surface area contributed by atoms with Crippen molar-refractivity contribution >= 4 is 16.9 Å². The monoisotopic (exact) mass is 254 g/mol. The molecule has 94 valence electrons. The SMILES string of the molecule is O=C(O)c1nc(OCC(F)F)c2ccccc2n1. The molecule has 0 radical (unpaired) electrons. The number of fused-ring (bicyclic) bond motifs is 1. The van der Waals surface area contributed by atoms with Crippen molar-refractivity contribution in [2.75, 3.05) is 6.61 Å². The number of hydrogen-bond donors (Lipinski definition) is 1. The fourth-order valence-corrected chi connectivity index (χ4v) is 1.40.